The molecule has 0 heterocycles. The second-order valence-electron chi connectivity index (χ2n) is 20.1. The number of aryl methyl sites for hydroxylation is 4. The summed E-state index contributed by atoms with van der Waals surface area (Å²) in [5.41, 5.74) is 11.8. The fourth-order valence-corrected chi connectivity index (χ4v) is 8.94. The van der Waals surface area contributed by atoms with E-state index < -0.39 is 31.3 Å². The lowest BCUT2D eigenvalue weighted by atomic mass is 9.73. The molecule has 0 aromatic heterocycles. The van der Waals surface area contributed by atoms with Gasteiger partial charge in [-0.3, -0.25) is 0 Å². The van der Waals surface area contributed by atoms with Crippen molar-refractivity contribution >= 4 is 25.3 Å². The first-order valence-electron chi connectivity index (χ1n) is 19.6. The van der Waals surface area contributed by atoms with Gasteiger partial charge in [0.05, 0.1) is 25.2 Å². The smallest absolute Gasteiger partial charge is 0.136 e. The summed E-state index contributed by atoms with van der Waals surface area (Å²) in [7, 11) is 0. The van der Waals surface area contributed by atoms with Gasteiger partial charge < -0.3 is 20.1 Å². The lowest BCUT2D eigenvalue weighted by Crippen LogP contribution is -2.43. The summed E-state index contributed by atoms with van der Waals surface area (Å²) in [5, 5.41) is 33.2. The van der Waals surface area contributed by atoms with Crippen LogP contribution in [0.25, 0.3) is 22.3 Å². The second kappa shape index (κ2) is 15.9. The predicted octanol–water partition coefficient (Wildman–Crippen LogP) is 12.1. The van der Waals surface area contributed by atoms with Crippen LogP contribution in [0.15, 0.2) is 58.3 Å². The molecule has 4 aromatic carbocycles. The third kappa shape index (κ3) is 9.20. The van der Waals surface area contributed by atoms with E-state index in [9.17, 15) is 15.3 Å². The Balaban J connectivity index is 2.05. The van der Waals surface area contributed by atoms with E-state index in [1.54, 1.807) is 0 Å². The Labute approximate surface area is 344 Å². The zero-order valence-electron chi connectivity index (χ0n) is 36.5. The Morgan fingerprint density at radius 3 is 1.11 bits per heavy atom. The van der Waals surface area contributed by atoms with Gasteiger partial charge in [-0.1, -0.05) is 89.2 Å². The molecule has 55 heavy (non-hydrogen) atoms. The average molecular weight is 785 g/mol. The zero-order chi connectivity index (χ0) is 41.8. The molecule has 0 aliphatic carbocycles. The van der Waals surface area contributed by atoms with Crippen LogP contribution in [0.4, 0.5) is 0 Å². The summed E-state index contributed by atoms with van der Waals surface area (Å²) in [6.07, 6.45) is -0.885. The highest BCUT2D eigenvalue weighted by molar-refractivity contribution is 7.80. The third-order valence-corrected chi connectivity index (χ3v) is 12.0. The molecule has 0 saturated carbocycles. The Morgan fingerprint density at radius 1 is 0.455 bits per heavy atom. The van der Waals surface area contributed by atoms with Crippen molar-refractivity contribution in [2.24, 2.45) is 5.41 Å². The van der Waals surface area contributed by atoms with Crippen molar-refractivity contribution in [3.05, 3.63) is 98.6 Å². The van der Waals surface area contributed by atoms with Gasteiger partial charge in [-0.2, -0.15) is 0 Å². The minimum absolute atomic E-state index is 0.0825. The van der Waals surface area contributed by atoms with E-state index in [-0.39, 0.29) is 21.7 Å². The lowest BCUT2D eigenvalue weighted by molar-refractivity contribution is -0.0752. The van der Waals surface area contributed by atoms with Crippen molar-refractivity contribution < 1.29 is 20.1 Å². The summed E-state index contributed by atoms with van der Waals surface area (Å²) in [6.45, 7) is 33.4. The summed E-state index contributed by atoms with van der Waals surface area (Å²) in [4.78, 5) is 1.96. The van der Waals surface area contributed by atoms with Crippen LogP contribution in [0.2, 0.25) is 0 Å². The molecule has 0 saturated heterocycles. The van der Waals surface area contributed by atoms with Crippen molar-refractivity contribution in [3.8, 4) is 28.0 Å². The molecule has 0 amide bonds. The monoisotopic (exact) mass is 784 g/mol. The van der Waals surface area contributed by atoms with E-state index in [1.807, 2.05) is 0 Å². The predicted molar refractivity (Wildman–Crippen MR) is 239 cm³/mol. The number of aliphatic hydroxyl groups is 3. The minimum atomic E-state index is -1.39. The largest absolute Gasteiger partial charge is 0.485 e. The van der Waals surface area contributed by atoms with E-state index in [4.69, 9.17) is 30.0 Å². The Morgan fingerprint density at radius 2 is 0.764 bits per heavy atom. The molecule has 4 rings (SSSR count). The van der Waals surface area contributed by atoms with E-state index in [1.165, 1.54) is 11.1 Å². The average Bonchev–Trinajstić information content (AvgIpc) is 3.03. The number of aliphatic hydroxyl groups excluding tert-OH is 3. The normalized spacial score (nSPS) is 13.7. The molecule has 1 unspecified atom stereocenters. The van der Waals surface area contributed by atoms with Gasteiger partial charge in [-0.15, -0.1) is 25.3 Å². The van der Waals surface area contributed by atoms with E-state index in [0.29, 0.717) is 5.75 Å². The standard InChI is InChI=1S/C49H68O4S2/c1-28-17-36(37(45(5,6)7)21-32(28)34-23-39(47(11,12)13)42(54)19-30(34)3)44(49(25-50,26-51)27-52)53-41-18-29(2)33(22-38(41)46(8,9)10)35-24-40(48(14,15)16)43(55)20-31(35)4/h17-24,44,50-52,54-55H,25-27H2,1-16H3. The topological polar surface area (TPSA) is 69.9 Å². The molecule has 1 atom stereocenters. The molecule has 0 bridgehead atoms. The molecule has 0 aliphatic rings. The van der Waals surface area contributed by atoms with E-state index in [2.05, 4.69) is 159 Å². The van der Waals surface area contributed by atoms with Crippen LogP contribution in [-0.4, -0.2) is 35.1 Å². The maximum Gasteiger partial charge on any atom is 0.136 e. The Hall–Kier alpha value is -2.74. The van der Waals surface area contributed by atoms with Gasteiger partial charge in [-0.05, 0) is 159 Å². The van der Waals surface area contributed by atoms with Gasteiger partial charge in [0.15, 0.2) is 0 Å². The van der Waals surface area contributed by atoms with Crippen molar-refractivity contribution in [2.45, 2.75) is 148 Å². The highest BCUT2D eigenvalue weighted by Crippen LogP contribution is 2.48. The molecular weight excluding hydrogens is 717 g/mol. The fourth-order valence-electron chi connectivity index (χ4n) is 7.75. The zero-order valence-corrected chi connectivity index (χ0v) is 38.3. The third-order valence-electron chi connectivity index (χ3n) is 11.2. The number of hydrogen-bond acceptors (Lipinski definition) is 6. The van der Waals surface area contributed by atoms with Crippen LogP contribution in [0.5, 0.6) is 5.75 Å². The van der Waals surface area contributed by atoms with Gasteiger partial charge >= 0.3 is 0 Å². The molecule has 3 N–H and O–H groups in total. The van der Waals surface area contributed by atoms with Gasteiger partial charge in [0.2, 0.25) is 0 Å². The van der Waals surface area contributed by atoms with Gasteiger partial charge in [-0.25, -0.2) is 0 Å². The maximum atomic E-state index is 11.1. The molecule has 6 heteroatoms. The Kier molecular flexibility index (Phi) is 13.0. The van der Waals surface area contributed by atoms with E-state index >= 15 is 0 Å². The fraction of sp³-hybridized carbons (Fsp3) is 0.510. The molecular formula is C49H68O4S2. The summed E-state index contributed by atoms with van der Waals surface area (Å²) >= 11 is 9.72. The molecule has 300 valence electrons. The van der Waals surface area contributed by atoms with Gasteiger partial charge in [0.25, 0.3) is 0 Å². The summed E-state index contributed by atoms with van der Waals surface area (Å²) in [5.74, 6) is 0.662. The molecule has 4 nitrogen and oxygen atoms in total. The number of ether oxygens (including phenoxy) is 1. The van der Waals surface area contributed by atoms with Crippen LogP contribution in [0.1, 0.15) is 139 Å². The van der Waals surface area contributed by atoms with Crippen LogP contribution < -0.4 is 4.74 Å². The van der Waals surface area contributed by atoms with Crippen molar-refractivity contribution in [1.29, 1.82) is 0 Å². The van der Waals surface area contributed by atoms with Crippen molar-refractivity contribution in [1.82, 2.24) is 0 Å². The quantitative estimate of drug-likeness (QED) is 0.110. The first-order chi connectivity index (χ1) is 25.1. The van der Waals surface area contributed by atoms with Crippen LogP contribution in [-0.2, 0) is 21.7 Å². The summed E-state index contributed by atoms with van der Waals surface area (Å²) < 4.78 is 7.23. The molecule has 0 aliphatic heterocycles. The highest BCUT2D eigenvalue weighted by atomic mass is 32.1. The first-order valence-corrected chi connectivity index (χ1v) is 20.5. The minimum Gasteiger partial charge on any atom is -0.485 e. The van der Waals surface area contributed by atoms with Crippen LogP contribution in [0, 0.1) is 33.1 Å². The number of benzene rings is 4. The van der Waals surface area contributed by atoms with Crippen molar-refractivity contribution in [2.75, 3.05) is 19.8 Å². The second-order valence-corrected chi connectivity index (χ2v) is 21.1. The number of thiol groups is 2. The molecule has 0 fully saturated rings. The van der Waals surface area contributed by atoms with Crippen LogP contribution >= 0.6 is 25.3 Å². The van der Waals surface area contributed by atoms with E-state index in [0.717, 1.165) is 71.0 Å². The summed E-state index contributed by atoms with van der Waals surface area (Å²) in [6, 6.07) is 17.6. The number of hydrogen-bond donors (Lipinski definition) is 5. The maximum absolute atomic E-state index is 11.1. The molecule has 4 aromatic rings. The highest BCUT2D eigenvalue weighted by Gasteiger charge is 2.44. The number of rotatable bonds is 9. The van der Waals surface area contributed by atoms with Crippen molar-refractivity contribution in [3.63, 3.8) is 0 Å². The SMILES string of the molecule is Cc1cc(S)c(C(C)(C)C)cc1-c1cc(C(C)(C)C)c(OC(c2cc(C)c(-c3cc(C(C)(C)C)c(S)cc3C)cc2C(C)(C)C)C(CO)(CO)CO)cc1C. The van der Waals surface area contributed by atoms with Gasteiger partial charge in [0, 0.05) is 15.4 Å². The lowest BCUT2D eigenvalue weighted by Gasteiger charge is -2.40. The van der Waals surface area contributed by atoms with Gasteiger partial charge in [0.1, 0.15) is 11.9 Å². The molecule has 0 spiro atoms. The van der Waals surface area contributed by atoms with Crippen LogP contribution in [0.3, 0.4) is 0 Å². The first kappa shape index (κ1) is 45.0. The Bertz CT molecular complexity index is 2040. The molecule has 0 radical (unpaired) electrons.